The van der Waals surface area contributed by atoms with Gasteiger partial charge in [0.15, 0.2) is 0 Å². The number of nitrogens with zero attached hydrogens (tertiary/aromatic N) is 1. The number of carbonyl (C=O) groups excluding carboxylic acids is 1. The molecule has 0 aliphatic carbocycles. The van der Waals surface area contributed by atoms with Crippen LogP contribution in [0.4, 0.5) is 0 Å². The summed E-state index contributed by atoms with van der Waals surface area (Å²) in [4.78, 5) is 14.3. The third-order valence-corrected chi connectivity index (χ3v) is 4.15. The first-order valence-corrected chi connectivity index (χ1v) is 7.37. The van der Waals surface area contributed by atoms with Crippen molar-refractivity contribution in [3.8, 4) is 0 Å². The van der Waals surface area contributed by atoms with Crippen LogP contribution in [0.2, 0.25) is 0 Å². The predicted octanol–water partition coefficient (Wildman–Crippen LogP) is 1.35. The molecule has 0 saturated carbocycles. The largest absolute Gasteiger partial charge is 0.355 e. The van der Waals surface area contributed by atoms with Gasteiger partial charge in [0, 0.05) is 19.1 Å². The minimum absolute atomic E-state index is 0.0529. The highest BCUT2D eigenvalue weighted by Crippen LogP contribution is 2.26. The van der Waals surface area contributed by atoms with E-state index in [2.05, 4.69) is 24.1 Å². The SMILES string of the molecule is CCCNC(=O)C(C)N1CCC(CC)CC1CN. The molecule has 1 rings (SSSR count). The van der Waals surface area contributed by atoms with Gasteiger partial charge in [0.25, 0.3) is 0 Å². The van der Waals surface area contributed by atoms with E-state index in [0.717, 1.165) is 31.8 Å². The summed E-state index contributed by atoms with van der Waals surface area (Å²) in [7, 11) is 0. The van der Waals surface area contributed by atoms with Gasteiger partial charge in [-0.15, -0.1) is 0 Å². The average Bonchev–Trinajstić information content (AvgIpc) is 2.43. The van der Waals surface area contributed by atoms with E-state index < -0.39 is 0 Å². The molecule has 4 heteroatoms. The smallest absolute Gasteiger partial charge is 0.237 e. The monoisotopic (exact) mass is 255 g/mol. The van der Waals surface area contributed by atoms with E-state index in [-0.39, 0.29) is 11.9 Å². The lowest BCUT2D eigenvalue weighted by Crippen LogP contribution is -2.55. The number of nitrogens with two attached hydrogens (primary N) is 1. The Hall–Kier alpha value is -0.610. The lowest BCUT2D eigenvalue weighted by Gasteiger charge is -2.41. The molecule has 0 aromatic heterocycles. The molecule has 4 nitrogen and oxygen atoms in total. The van der Waals surface area contributed by atoms with Crippen molar-refractivity contribution in [1.82, 2.24) is 10.2 Å². The molecular formula is C14H29N3O. The molecular weight excluding hydrogens is 226 g/mol. The average molecular weight is 255 g/mol. The van der Waals surface area contributed by atoms with Crippen LogP contribution in [0.25, 0.3) is 0 Å². The molecule has 0 aromatic carbocycles. The van der Waals surface area contributed by atoms with Gasteiger partial charge in [0.1, 0.15) is 0 Å². The highest BCUT2D eigenvalue weighted by Gasteiger charge is 2.32. The van der Waals surface area contributed by atoms with Crippen molar-refractivity contribution in [2.24, 2.45) is 11.7 Å². The van der Waals surface area contributed by atoms with E-state index in [1.54, 1.807) is 0 Å². The summed E-state index contributed by atoms with van der Waals surface area (Å²) in [6, 6.07) is 0.314. The highest BCUT2D eigenvalue weighted by atomic mass is 16.2. The molecule has 0 radical (unpaired) electrons. The third-order valence-electron chi connectivity index (χ3n) is 4.15. The second-order valence-corrected chi connectivity index (χ2v) is 5.39. The molecule has 3 unspecified atom stereocenters. The fourth-order valence-electron chi connectivity index (χ4n) is 2.81. The quantitative estimate of drug-likeness (QED) is 0.753. The normalized spacial score (nSPS) is 26.9. The van der Waals surface area contributed by atoms with Crippen LogP contribution in [0.5, 0.6) is 0 Å². The topological polar surface area (TPSA) is 58.4 Å². The zero-order chi connectivity index (χ0) is 13.5. The van der Waals surface area contributed by atoms with Crippen LogP contribution >= 0.6 is 0 Å². The maximum absolute atomic E-state index is 12.0. The van der Waals surface area contributed by atoms with Crippen molar-refractivity contribution in [1.29, 1.82) is 0 Å². The molecule has 1 aliphatic rings. The van der Waals surface area contributed by atoms with Crippen LogP contribution in [0.15, 0.2) is 0 Å². The standard InChI is InChI=1S/C14H29N3O/c1-4-7-16-14(18)11(3)17-8-6-12(5-2)9-13(17)10-15/h11-13H,4-10,15H2,1-3H3,(H,16,18). The third kappa shape index (κ3) is 3.95. The molecule has 3 atom stereocenters. The molecule has 1 aliphatic heterocycles. The van der Waals surface area contributed by atoms with Gasteiger partial charge in [-0.3, -0.25) is 9.69 Å². The first-order chi connectivity index (χ1) is 8.63. The van der Waals surface area contributed by atoms with Gasteiger partial charge in [-0.05, 0) is 38.6 Å². The minimum atomic E-state index is -0.0529. The van der Waals surface area contributed by atoms with Crippen LogP contribution < -0.4 is 11.1 Å². The summed E-state index contributed by atoms with van der Waals surface area (Å²) in [5.41, 5.74) is 5.88. The zero-order valence-electron chi connectivity index (χ0n) is 12.1. The molecule has 1 amide bonds. The van der Waals surface area contributed by atoms with E-state index in [1.807, 2.05) is 6.92 Å². The molecule has 106 valence electrons. The van der Waals surface area contributed by atoms with Crippen molar-refractivity contribution < 1.29 is 4.79 Å². The Kier molecular flexibility index (Phi) is 6.65. The number of carbonyl (C=O) groups is 1. The van der Waals surface area contributed by atoms with Crippen LogP contribution in [-0.2, 0) is 4.79 Å². The van der Waals surface area contributed by atoms with Crippen molar-refractivity contribution >= 4 is 5.91 Å². The van der Waals surface area contributed by atoms with Gasteiger partial charge < -0.3 is 11.1 Å². The summed E-state index contributed by atoms with van der Waals surface area (Å²) in [5.74, 6) is 0.922. The van der Waals surface area contributed by atoms with Gasteiger partial charge in [0.05, 0.1) is 6.04 Å². The van der Waals surface area contributed by atoms with E-state index in [1.165, 1.54) is 12.8 Å². The van der Waals surface area contributed by atoms with Crippen LogP contribution in [-0.4, -0.2) is 42.5 Å². The molecule has 0 bridgehead atoms. The number of hydrogen-bond acceptors (Lipinski definition) is 3. The van der Waals surface area contributed by atoms with Crippen LogP contribution in [0, 0.1) is 5.92 Å². The molecule has 18 heavy (non-hydrogen) atoms. The van der Waals surface area contributed by atoms with Gasteiger partial charge in [-0.2, -0.15) is 0 Å². The zero-order valence-corrected chi connectivity index (χ0v) is 12.1. The molecule has 1 saturated heterocycles. The Morgan fingerprint density at radius 1 is 1.50 bits per heavy atom. The highest BCUT2D eigenvalue weighted by molar-refractivity contribution is 5.81. The number of likely N-dealkylation sites (tertiary alicyclic amines) is 1. The second-order valence-electron chi connectivity index (χ2n) is 5.39. The van der Waals surface area contributed by atoms with Gasteiger partial charge in [-0.25, -0.2) is 0 Å². The molecule has 1 fully saturated rings. The fraction of sp³-hybridized carbons (Fsp3) is 0.929. The first-order valence-electron chi connectivity index (χ1n) is 7.37. The molecule has 1 heterocycles. The van der Waals surface area contributed by atoms with Gasteiger partial charge in [0.2, 0.25) is 5.91 Å². The van der Waals surface area contributed by atoms with Crippen molar-refractivity contribution in [2.75, 3.05) is 19.6 Å². The Bertz CT molecular complexity index is 257. The lowest BCUT2D eigenvalue weighted by atomic mass is 9.88. The van der Waals surface area contributed by atoms with Gasteiger partial charge >= 0.3 is 0 Å². The van der Waals surface area contributed by atoms with Crippen molar-refractivity contribution in [2.45, 2.75) is 58.5 Å². The summed E-state index contributed by atoms with van der Waals surface area (Å²) >= 11 is 0. The summed E-state index contributed by atoms with van der Waals surface area (Å²) in [6.45, 7) is 8.73. The van der Waals surface area contributed by atoms with E-state index in [4.69, 9.17) is 5.73 Å². The number of rotatable bonds is 6. The summed E-state index contributed by atoms with van der Waals surface area (Å²) < 4.78 is 0. The van der Waals surface area contributed by atoms with E-state index in [0.29, 0.717) is 12.6 Å². The summed E-state index contributed by atoms with van der Waals surface area (Å²) in [6.07, 6.45) is 4.54. The Morgan fingerprint density at radius 2 is 2.22 bits per heavy atom. The van der Waals surface area contributed by atoms with E-state index in [9.17, 15) is 4.79 Å². The van der Waals surface area contributed by atoms with Crippen LogP contribution in [0.1, 0.15) is 46.5 Å². The van der Waals surface area contributed by atoms with Crippen LogP contribution in [0.3, 0.4) is 0 Å². The Balaban J connectivity index is 2.55. The van der Waals surface area contributed by atoms with Crippen molar-refractivity contribution in [3.63, 3.8) is 0 Å². The Morgan fingerprint density at radius 3 is 2.78 bits per heavy atom. The predicted molar refractivity (Wildman–Crippen MR) is 75.3 cm³/mol. The lowest BCUT2D eigenvalue weighted by molar-refractivity contribution is -0.127. The molecule has 0 aromatic rings. The minimum Gasteiger partial charge on any atom is -0.355 e. The number of piperidine rings is 1. The number of hydrogen-bond donors (Lipinski definition) is 2. The van der Waals surface area contributed by atoms with Crippen molar-refractivity contribution in [3.05, 3.63) is 0 Å². The fourth-order valence-corrected chi connectivity index (χ4v) is 2.81. The molecule has 0 spiro atoms. The number of nitrogens with one attached hydrogen (secondary N) is 1. The first kappa shape index (κ1) is 15.4. The van der Waals surface area contributed by atoms with E-state index >= 15 is 0 Å². The summed E-state index contributed by atoms with van der Waals surface area (Å²) in [5, 5.41) is 2.98. The second kappa shape index (κ2) is 7.74. The maximum Gasteiger partial charge on any atom is 0.237 e. The van der Waals surface area contributed by atoms with Gasteiger partial charge in [-0.1, -0.05) is 20.3 Å². The maximum atomic E-state index is 12.0. The molecule has 3 N–H and O–H groups in total. The Labute approximate surface area is 111 Å². The number of amides is 1.